The lowest BCUT2D eigenvalue weighted by Crippen LogP contribution is -2.17. The van der Waals surface area contributed by atoms with Crippen molar-refractivity contribution in [2.24, 2.45) is 0 Å². The van der Waals surface area contributed by atoms with E-state index in [1.807, 2.05) is 43.3 Å². The Balaban J connectivity index is 1.68. The Kier molecular flexibility index (Phi) is 8.01. The standard InChI is InChI=1S/C21H20BrNO5S2/c1-3-26-17-10-13(11-18-20(24)23-21(29)30-18)9-16(22)19(17)28-8-7-27-15-6-4-5-14(12-15)25-2/h4-6,9-12H,3,7-8H2,1-2H3,(H,23,24,29). The van der Waals surface area contributed by atoms with Crippen molar-refractivity contribution in [3.63, 3.8) is 0 Å². The third kappa shape index (κ3) is 5.90. The Hall–Kier alpha value is -2.23. The van der Waals surface area contributed by atoms with Gasteiger partial charge in [0.2, 0.25) is 0 Å². The van der Waals surface area contributed by atoms with Crippen LogP contribution in [0.5, 0.6) is 23.0 Å². The lowest BCUT2D eigenvalue weighted by atomic mass is 10.2. The number of hydrogen-bond acceptors (Lipinski definition) is 7. The molecule has 1 amide bonds. The number of halogens is 1. The average Bonchev–Trinajstić information content (AvgIpc) is 3.03. The molecule has 1 heterocycles. The molecule has 0 bridgehead atoms. The molecule has 6 nitrogen and oxygen atoms in total. The molecule has 0 saturated carbocycles. The summed E-state index contributed by atoms with van der Waals surface area (Å²) < 4.78 is 23.7. The van der Waals surface area contributed by atoms with Crippen LogP contribution < -0.4 is 24.3 Å². The number of benzene rings is 2. The third-order valence-electron chi connectivity index (χ3n) is 3.91. The second kappa shape index (κ2) is 10.7. The summed E-state index contributed by atoms with van der Waals surface area (Å²) in [6.45, 7) is 3.05. The second-order valence-electron chi connectivity index (χ2n) is 5.99. The van der Waals surface area contributed by atoms with Gasteiger partial charge in [-0.3, -0.25) is 4.79 Å². The van der Waals surface area contributed by atoms with Gasteiger partial charge >= 0.3 is 0 Å². The van der Waals surface area contributed by atoms with Gasteiger partial charge in [-0.1, -0.05) is 30.0 Å². The van der Waals surface area contributed by atoms with E-state index in [4.69, 9.17) is 31.2 Å². The number of rotatable bonds is 9. The zero-order valence-corrected chi connectivity index (χ0v) is 19.6. The molecule has 1 N–H and O–H groups in total. The largest absolute Gasteiger partial charge is 0.497 e. The Labute approximate surface area is 193 Å². The highest BCUT2D eigenvalue weighted by atomic mass is 79.9. The number of carbonyl (C=O) groups is 1. The molecular formula is C21H20BrNO5S2. The third-order valence-corrected chi connectivity index (χ3v) is 5.66. The number of methoxy groups -OCH3 is 1. The van der Waals surface area contributed by atoms with E-state index in [9.17, 15) is 4.79 Å². The van der Waals surface area contributed by atoms with E-state index in [1.54, 1.807) is 13.2 Å². The molecule has 0 spiro atoms. The molecule has 9 heteroatoms. The van der Waals surface area contributed by atoms with Crippen molar-refractivity contribution in [1.29, 1.82) is 0 Å². The number of ether oxygens (including phenoxy) is 4. The van der Waals surface area contributed by atoms with Crippen molar-refractivity contribution in [1.82, 2.24) is 5.32 Å². The zero-order valence-electron chi connectivity index (χ0n) is 16.4. The maximum atomic E-state index is 11.9. The van der Waals surface area contributed by atoms with Crippen LogP contribution in [0.1, 0.15) is 12.5 Å². The van der Waals surface area contributed by atoms with E-state index in [0.29, 0.717) is 50.8 Å². The van der Waals surface area contributed by atoms with Gasteiger partial charge < -0.3 is 24.3 Å². The summed E-state index contributed by atoms with van der Waals surface area (Å²) in [4.78, 5) is 12.4. The molecule has 3 rings (SSSR count). The van der Waals surface area contributed by atoms with Crippen LogP contribution in [0, 0.1) is 0 Å². The van der Waals surface area contributed by atoms with Crippen LogP contribution in [0.4, 0.5) is 0 Å². The van der Waals surface area contributed by atoms with Gasteiger partial charge in [0.1, 0.15) is 29.0 Å². The van der Waals surface area contributed by atoms with E-state index < -0.39 is 0 Å². The van der Waals surface area contributed by atoms with Gasteiger partial charge in [-0.2, -0.15) is 0 Å². The molecule has 0 radical (unpaired) electrons. The van der Waals surface area contributed by atoms with Gasteiger partial charge in [-0.05, 0) is 58.8 Å². The molecule has 1 fully saturated rings. The number of thioether (sulfide) groups is 1. The molecule has 0 atom stereocenters. The smallest absolute Gasteiger partial charge is 0.263 e. The quantitative estimate of drug-likeness (QED) is 0.295. The molecule has 1 aliphatic rings. The monoisotopic (exact) mass is 509 g/mol. The van der Waals surface area contributed by atoms with Crippen molar-refractivity contribution >= 4 is 56.2 Å². The fourth-order valence-corrected chi connectivity index (χ4v) is 4.26. The van der Waals surface area contributed by atoms with Gasteiger partial charge in [0.25, 0.3) is 5.91 Å². The number of hydrogen-bond donors (Lipinski definition) is 1. The number of carbonyl (C=O) groups excluding carboxylic acids is 1. The SMILES string of the molecule is CCOc1cc(C=C2SC(=S)NC2=O)cc(Br)c1OCCOc1cccc(OC)c1. The van der Waals surface area contributed by atoms with Crippen LogP contribution in [-0.2, 0) is 4.79 Å². The highest BCUT2D eigenvalue weighted by Crippen LogP contribution is 2.38. The summed E-state index contributed by atoms with van der Waals surface area (Å²) in [7, 11) is 1.61. The first-order valence-electron chi connectivity index (χ1n) is 9.11. The van der Waals surface area contributed by atoms with Crippen LogP contribution in [0.15, 0.2) is 45.8 Å². The summed E-state index contributed by atoms with van der Waals surface area (Å²) in [6, 6.07) is 11.1. The number of nitrogens with one attached hydrogen (secondary N) is 1. The Morgan fingerprint density at radius 3 is 2.60 bits per heavy atom. The predicted molar refractivity (Wildman–Crippen MR) is 126 cm³/mol. The topological polar surface area (TPSA) is 66.0 Å². The van der Waals surface area contributed by atoms with Crippen LogP contribution >= 0.6 is 39.9 Å². The fraction of sp³-hybridized carbons (Fsp3) is 0.238. The molecule has 1 aliphatic heterocycles. The van der Waals surface area contributed by atoms with E-state index in [-0.39, 0.29) is 5.91 Å². The van der Waals surface area contributed by atoms with Gasteiger partial charge in [-0.25, -0.2) is 0 Å². The zero-order chi connectivity index (χ0) is 21.5. The molecular weight excluding hydrogens is 490 g/mol. The van der Waals surface area contributed by atoms with E-state index >= 15 is 0 Å². The molecule has 0 unspecified atom stereocenters. The first kappa shape index (κ1) is 22.5. The van der Waals surface area contributed by atoms with Crippen LogP contribution in [0.25, 0.3) is 6.08 Å². The highest BCUT2D eigenvalue weighted by Gasteiger charge is 2.22. The molecule has 2 aromatic rings. The van der Waals surface area contributed by atoms with Crippen molar-refractivity contribution in [2.45, 2.75) is 6.92 Å². The van der Waals surface area contributed by atoms with Gasteiger partial charge in [-0.15, -0.1) is 0 Å². The van der Waals surface area contributed by atoms with Crippen molar-refractivity contribution in [2.75, 3.05) is 26.9 Å². The highest BCUT2D eigenvalue weighted by molar-refractivity contribution is 9.10. The van der Waals surface area contributed by atoms with Crippen molar-refractivity contribution in [3.05, 3.63) is 51.3 Å². The first-order valence-corrected chi connectivity index (χ1v) is 11.1. The Bertz CT molecular complexity index is 980. The Morgan fingerprint density at radius 1 is 1.13 bits per heavy atom. The Morgan fingerprint density at radius 2 is 1.90 bits per heavy atom. The average molecular weight is 510 g/mol. The number of thiocarbonyl (C=S) groups is 1. The minimum absolute atomic E-state index is 0.200. The van der Waals surface area contributed by atoms with Gasteiger partial charge in [0.15, 0.2) is 11.5 Å². The molecule has 0 aliphatic carbocycles. The normalized spacial score (nSPS) is 14.6. The second-order valence-corrected chi connectivity index (χ2v) is 8.56. The molecule has 1 saturated heterocycles. The lowest BCUT2D eigenvalue weighted by Gasteiger charge is -2.15. The minimum atomic E-state index is -0.200. The number of amides is 1. The first-order chi connectivity index (χ1) is 14.5. The molecule has 158 valence electrons. The van der Waals surface area contributed by atoms with Crippen molar-refractivity contribution in [3.8, 4) is 23.0 Å². The predicted octanol–water partition coefficient (Wildman–Crippen LogP) is 4.80. The molecule has 2 aromatic carbocycles. The lowest BCUT2D eigenvalue weighted by molar-refractivity contribution is -0.115. The van der Waals surface area contributed by atoms with Gasteiger partial charge in [0.05, 0.1) is 23.1 Å². The van der Waals surface area contributed by atoms with Crippen LogP contribution in [0.3, 0.4) is 0 Å². The van der Waals surface area contributed by atoms with E-state index in [0.717, 1.165) is 11.3 Å². The summed E-state index contributed by atoms with van der Waals surface area (Å²) in [5.41, 5.74) is 0.799. The minimum Gasteiger partial charge on any atom is -0.497 e. The maximum absolute atomic E-state index is 11.9. The van der Waals surface area contributed by atoms with Crippen molar-refractivity contribution < 1.29 is 23.7 Å². The summed E-state index contributed by atoms with van der Waals surface area (Å²) >= 11 is 9.80. The maximum Gasteiger partial charge on any atom is 0.263 e. The summed E-state index contributed by atoms with van der Waals surface area (Å²) in [6.07, 6.45) is 1.77. The molecule has 0 aromatic heterocycles. The summed E-state index contributed by atoms with van der Waals surface area (Å²) in [5.74, 6) is 2.39. The van der Waals surface area contributed by atoms with E-state index in [2.05, 4.69) is 21.2 Å². The summed E-state index contributed by atoms with van der Waals surface area (Å²) in [5, 5.41) is 2.61. The van der Waals surface area contributed by atoms with Crippen LogP contribution in [-0.4, -0.2) is 37.2 Å². The fourth-order valence-electron chi connectivity index (χ4n) is 2.64. The van der Waals surface area contributed by atoms with E-state index in [1.165, 1.54) is 11.8 Å². The molecule has 30 heavy (non-hydrogen) atoms. The van der Waals surface area contributed by atoms with Gasteiger partial charge in [0, 0.05) is 6.07 Å². The van der Waals surface area contributed by atoms with Crippen LogP contribution in [0.2, 0.25) is 0 Å².